The van der Waals surface area contributed by atoms with Crippen molar-refractivity contribution in [3.8, 4) is 28.5 Å². The lowest BCUT2D eigenvalue weighted by molar-refractivity contribution is 0.523. The Morgan fingerprint density at radius 1 is 0.885 bits per heavy atom. The highest BCUT2D eigenvalue weighted by atomic mass is 16.4. The molecule has 1 aliphatic rings. The lowest BCUT2D eigenvalue weighted by Gasteiger charge is -2.18. The van der Waals surface area contributed by atoms with Gasteiger partial charge in [0.25, 0.3) is 0 Å². The zero-order chi connectivity index (χ0) is 17.9. The Labute approximate surface area is 151 Å². The molecular weight excluding hydrogens is 324 g/mol. The van der Waals surface area contributed by atoms with Gasteiger partial charge in [0.1, 0.15) is 11.8 Å². The van der Waals surface area contributed by atoms with Crippen LogP contribution < -0.4 is 10.5 Å². The van der Waals surface area contributed by atoms with Crippen molar-refractivity contribution >= 4 is 5.69 Å². The van der Waals surface area contributed by atoms with Gasteiger partial charge in [-0.2, -0.15) is 5.26 Å². The van der Waals surface area contributed by atoms with Gasteiger partial charge in [0.2, 0.25) is 0 Å². The van der Waals surface area contributed by atoms with Crippen LogP contribution in [0.4, 0.5) is 5.69 Å². The summed E-state index contributed by atoms with van der Waals surface area (Å²) >= 11 is 0. The molecule has 1 saturated heterocycles. The second-order valence-corrected chi connectivity index (χ2v) is 6.41. The third-order valence-corrected chi connectivity index (χ3v) is 4.77. The molecule has 3 aromatic rings. The van der Waals surface area contributed by atoms with E-state index in [1.807, 2.05) is 54.6 Å². The van der Waals surface area contributed by atoms with E-state index in [2.05, 4.69) is 17.0 Å². The standard InChI is InChI=1S/C22H18N2O2/c23-15-19-20(24-12-4-5-13-24)14-21(26-22(19)25)18-10-8-17(9-11-18)16-6-2-1-3-7-16/h1-3,6-11,14H,4-5,12-13H2. The topological polar surface area (TPSA) is 57.2 Å². The van der Waals surface area contributed by atoms with Gasteiger partial charge in [-0.05, 0) is 24.0 Å². The van der Waals surface area contributed by atoms with E-state index in [4.69, 9.17) is 4.42 Å². The van der Waals surface area contributed by atoms with Crippen LogP contribution in [0.1, 0.15) is 18.4 Å². The molecule has 2 heterocycles. The molecule has 26 heavy (non-hydrogen) atoms. The second-order valence-electron chi connectivity index (χ2n) is 6.41. The van der Waals surface area contributed by atoms with Gasteiger partial charge in [0.15, 0.2) is 5.56 Å². The summed E-state index contributed by atoms with van der Waals surface area (Å²) in [5.41, 5.74) is 3.27. The molecule has 0 spiro atoms. The minimum atomic E-state index is -0.570. The Morgan fingerprint density at radius 2 is 1.50 bits per heavy atom. The van der Waals surface area contributed by atoms with Crippen LogP contribution >= 0.6 is 0 Å². The number of benzene rings is 2. The molecule has 4 rings (SSSR count). The first-order valence-corrected chi connectivity index (χ1v) is 8.75. The summed E-state index contributed by atoms with van der Waals surface area (Å²) in [4.78, 5) is 14.4. The van der Waals surface area contributed by atoms with Crippen molar-refractivity contribution < 1.29 is 4.42 Å². The van der Waals surface area contributed by atoms with Gasteiger partial charge in [-0.15, -0.1) is 0 Å². The highest BCUT2D eigenvalue weighted by molar-refractivity contribution is 5.71. The van der Waals surface area contributed by atoms with Crippen LogP contribution in [0.5, 0.6) is 0 Å². The summed E-state index contributed by atoms with van der Waals surface area (Å²) in [5.74, 6) is 0.496. The van der Waals surface area contributed by atoms with E-state index < -0.39 is 5.63 Å². The molecule has 128 valence electrons. The molecule has 0 saturated carbocycles. The zero-order valence-electron chi connectivity index (χ0n) is 14.3. The van der Waals surface area contributed by atoms with E-state index in [1.165, 1.54) is 0 Å². The van der Waals surface area contributed by atoms with Crippen LogP contribution in [0.15, 0.2) is 69.9 Å². The van der Waals surface area contributed by atoms with E-state index in [0.29, 0.717) is 11.4 Å². The minimum absolute atomic E-state index is 0.0940. The van der Waals surface area contributed by atoms with Gasteiger partial charge >= 0.3 is 5.63 Å². The molecule has 0 aliphatic carbocycles. The van der Waals surface area contributed by atoms with E-state index in [1.54, 1.807) is 0 Å². The predicted octanol–water partition coefficient (Wildman–Crippen LogP) is 4.45. The van der Waals surface area contributed by atoms with Crippen LogP contribution in [-0.4, -0.2) is 13.1 Å². The highest BCUT2D eigenvalue weighted by Gasteiger charge is 2.20. The maximum absolute atomic E-state index is 12.3. The number of hydrogen-bond donors (Lipinski definition) is 0. The van der Waals surface area contributed by atoms with Gasteiger partial charge in [0, 0.05) is 24.7 Å². The highest BCUT2D eigenvalue weighted by Crippen LogP contribution is 2.29. The van der Waals surface area contributed by atoms with Crippen LogP contribution in [0.25, 0.3) is 22.5 Å². The quantitative estimate of drug-likeness (QED) is 0.706. The second kappa shape index (κ2) is 6.89. The lowest BCUT2D eigenvalue weighted by Crippen LogP contribution is -2.22. The van der Waals surface area contributed by atoms with Gasteiger partial charge < -0.3 is 9.32 Å². The van der Waals surface area contributed by atoms with Gasteiger partial charge in [-0.1, -0.05) is 54.6 Å². The average molecular weight is 342 g/mol. The molecule has 0 bridgehead atoms. The third-order valence-electron chi connectivity index (χ3n) is 4.77. The van der Waals surface area contributed by atoms with Crippen molar-refractivity contribution in [3.05, 3.63) is 76.6 Å². The number of hydrogen-bond acceptors (Lipinski definition) is 4. The summed E-state index contributed by atoms with van der Waals surface area (Å²) in [6.07, 6.45) is 2.15. The fourth-order valence-corrected chi connectivity index (χ4v) is 3.39. The lowest BCUT2D eigenvalue weighted by atomic mass is 10.0. The number of nitrogens with zero attached hydrogens (tertiary/aromatic N) is 2. The summed E-state index contributed by atoms with van der Waals surface area (Å²) in [6.45, 7) is 1.73. The van der Waals surface area contributed by atoms with Gasteiger partial charge in [-0.25, -0.2) is 4.79 Å². The van der Waals surface area contributed by atoms with E-state index in [0.717, 1.165) is 42.6 Å². The summed E-state index contributed by atoms with van der Waals surface area (Å²) < 4.78 is 5.43. The molecule has 1 aromatic heterocycles. The normalized spacial score (nSPS) is 13.6. The van der Waals surface area contributed by atoms with Crippen molar-refractivity contribution in [1.29, 1.82) is 5.26 Å². The Kier molecular flexibility index (Phi) is 4.28. The molecule has 0 radical (unpaired) electrons. The number of anilines is 1. The Morgan fingerprint density at radius 3 is 2.15 bits per heavy atom. The van der Waals surface area contributed by atoms with Crippen LogP contribution in [0, 0.1) is 11.3 Å². The maximum atomic E-state index is 12.3. The first kappa shape index (κ1) is 16.2. The van der Waals surface area contributed by atoms with Crippen molar-refractivity contribution in [3.63, 3.8) is 0 Å². The molecule has 1 aliphatic heterocycles. The zero-order valence-corrected chi connectivity index (χ0v) is 14.3. The molecule has 0 atom stereocenters. The third kappa shape index (κ3) is 3.00. The smallest absolute Gasteiger partial charge is 0.356 e. The molecule has 2 aromatic carbocycles. The monoisotopic (exact) mass is 342 g/mol. The summed E-state index contributed by atoms with van der Waals surface area (Å²) in [7, 11) is 0. The molecule has 0 N–H and O–H groups in total. The summed E-state index contributed by atoms with van der Waals surface area (Å²) in [6, 6.07) is 21.9. The Balaban J connectivity index is 1.74. The fourth-order valence-electron chi connectivity index (χ4n) is 3.39. The average Bonchev–Trinajstić information content (AvgIpc) is 3.23. The summed E-state index contributed by atoms with van der Waals surface area (Å²) in [5, 5.41) is 9.35. The van der Waals surface area contributed by atoms with Crippen LogP contribution in [0.2, 0.25) is 0 Å². The number of nitriles is 1. The molecule has 0 amide bonds. The fraction of sp³-hybridized carbons (Fsp3) is 0.182. The van der Waals surface area contributed by atoms with Gasteiger partial charge in [0.05, 0.1) is 5.69 Å². The van der Waals surface area contributed by atoms with Crippen LogP contribution in [-0.2, 0) is 0 Å². The van der Waals surface area contributed by atoms with E-state index in [-0.39, 0.29) is 5.56 Å². The van der Waals surface area contributed by atoms with Crippen molar-refractivity contribution in [2.24, 2.45) is 0 Å². The van der Waals surface area contributed by atoms with Crippen molar-refractivity contribution in [1.82, 2.24) is 0 Å². The minimum Gasteiger partial charge on any atom is -0.422 e. The first-order valence-electron chi connectivity index (χ1n) is 8.75. The molecule has 1 fully saturated rings. The maximum Gasteiger partial charge on any atom is 0.356 e. The van der Waals surface area contributed by atoms with Crippen molar-refractivity contribution in [2.75, 3.05) is 18.0 Å². The van der Waals surface area contributed by atoms with E-state index >= 15 is 0 Å². The molecule has 4 heteroatoms. The van der Waals surface area contributed by atoms with E-state index in [9.17, 15) is 10.1 Å². The van der Waals surface area contributed by atoms with Crippen LogP contribution in [0.3, 0.4) is 0 Å². The molecule has 4 nitrogen and oxygen atoms in total. The first-order chi connectivity index (χ1) is 12.8. The van der Waals surface area contributed by atoms with Gasteiger partial charge in [-0.3, -0.25) is 0 Å². The Bertz CT molecular complexity index is 1010. The predicted molar refractivity (Wildman–Crippen MR) is 102 cm³/mol. The van der Waals surface area contributed by atoms with Crippen molar-refractivity contribution in [2.45, 2.75) is 12.8 Å². The molecule has 0 unspecified atom stereocenters. The number of rotatable bonds is 3. The Hall–Kier alpha value is -3.32. The SMILES string of the molecule is N#Cc1c(N2CCCC2)cc(-c2ccc(-c3ccccc3)cc2)oc1=O. The largest absolute Gasteiger partial charge is 0.422 e. The molecular formula is C22H18N2O2.